The topological polar surface area (TPSA) is 58.6 Å². The molecule has 3 fully saturated rings. The van der Waals surface area contributed by atoms with Crippen LogP contribution in [0.3, 0.4) is 0 Å². The second-order valence-corrected chi connectivity index (χ2v) is 11.8. The Morgan fingerprint density at radius 1 is 1.09 bits per heavy atom. The zero-order chi connectivity index (χ0) is 24.3. The van der Waals surface area contributed by atoms with Gasteiger partial charge in [0, 0.05) is 24.4 Å². The van der Waals surface area contributed by atoms with Gasteiger partial charge in [-0.2, -0.15) is 0 Å². The molecule has 1 heterocycles. The number of nitrogens with zero attached hydrogens (tertiary/aromatic N) is 1. The van der Waals surface area contributed by atoms with E-state index in [4.69, 9.17) is 4.74 Å². The van der Waals surface area contributed by atoms with Crippen molar-refractivity contribution < 1.29 is 14.3 Å². The third kappa shape index (κ3) is 3.49. The zero-order valence-corrected chi connectivity index (χ0v) is 21.3. The fourth-order valence-electron chi connectivity index (χ4n) is 8.46. The molecule has 3 aliphatic carbocycles. The fourth-order valence-corrected chi connectivity index (χ4v) is 8.46. The van der Waals surface area contributed by atoms with E-state index in [1.54, 1.807) is 13.2 Å². The van der Waals surface area contributed by atoms with E-state index < -0.39 is 0 Å². The molecule has 34 heavy (non-hydrogen) atoms. The maximum atomic E-state index is 13.6. The van der Waals surface area contributed by atoms with Crippen LogP contribution in [0.25, 0.3) is 0 Å². The average Bonchev–Trinajstić information content (AvgIpc) is 3.19. The summed E-state index contributed by atoms with van der Waals surface area (Å²) in [6.07, 6.45) is 10.7. The van der Waals surface area contributed by atoms with Crippen LogP contribution in [0.15, 0.2) is 36.4 Å². The Hall–Kier alpha value is -2.30. The minimum absolute atomic E-state index is 0.0211. The number of rotatable bonds is 4. The number of carbonyl (C=O) groups excluding carboxylic acids is 2. The summed E-state index contributed by atoms with van der Waals surface area (Å²) in [6, 6.07) is 8.26. The molecular formula is C29H40N2O3. The molecule has 5 heteroatoms. The van der Waals surface area contributed by atoms with Gasteiger partial charge in [-0.05, 0) is 92.4 Å². The van der Waals surface area contributed by atoms with E-state index in [-0.39, 0.29) is 34.6 Å². The summed E-state index contributed by atoms with van der Waals surface area (Å²) in [4.78, 5) is 27.8. The van der Waals surface area contributed by atoms with Crippen LogP contribution in [-0.2, 0) is 9.59 Å². The van der Waals surface area contributed by atoms with E-state index in [1.165, 1.54) is 6.42 Å². The molecule has 0 aromatic heterocycles. The molecular weight excluding hydrogens is 424 g/mol. The highest BCUT2D eigenvalue weighted by atomic mass is 16.5. The normalized spacial score (nSPS) is 39.6. The first kappa shape index (κ1) is 23.4. The number of nitrogens with one attached hydrogen (secondary N) is 1. The van der Waals surface area contributed by atoms with Gasteiger partial charge in [-0.3, -0.25) is 9.59 Å². The number of hydrogen-bond donors (Lipinski definition) is 1. The lowest BCUT2D eigenvalue weighted by atomic mass is 9.47. The predicted octanol–water partition coefficient (Wildman–Crippen LogP) is 5.13. The summed E-state index contributed by atoms with van der Waals surface area (Å²) in [5, 5.41) is 3.33. The number of methoxy groups -OCH3 is 1. The van der Waals surface area contributed by atoms with Crippen LogP contribution in [-0.4, -0.2) is 36.9 Å². The largest absolute Gasteiger partial charge is 0.497 e. The van der Waals surface area contributed by atoms with Crippen LogP contribution in [0.1, 0.15) is 70.9 Å². The van der Waals surface area contributed by atoms with E-state index in [9.17, 15) is 9.59 Å². The van der Waals surface area contributed by atoms with Crippen LogP contribution in [0.2, 0.25) is 0 Å². The number of likely N-dealkylation sites (N-methyl/N-ethyl adjacent to an activating group) is 1. The molecule has 1 aromatic carbocycles. The number of fused-ring (bicyclic) bond motifs is 5. The van der Waals surface area contributed by atoms with Crippen molar-refractivity contribution in [2.24, 2.45) is 34.5 Å². The van der Waals surface area contributed by atoms with Gasteiger partial charge in [0.05, 0.1) is 13.2 Å². The lowest BCUT2D eigenvalue weighted by molar-refractivity contribution is -0.142. The highest BCUT2D eigenvalue weighted by Crippen LogP contribution is 2.65. The van der Waals surface area contributed by atoms with E-state index in [0.717, 1.165) is 43.4 Å². The minimum atomic E-state index is -0.0211. The summed E-state index contributed by atoms with van der Waals surface area (Å²) < 4.78 is 5.27. The summed E-state index contributed by atoms with van der Waals surface area (Å²) >= 11 is 0. The molecule has 0 bridgehead atoms. The molecule has 0 saturated heterocycles. The molecule has 1 N–H and O–H groups in total. The molecule has 0 spiro atoms. The molecule has 5 rings (SSSR count). The first-order valence-corrected chi connectivity index (χ1v) is 13.1. The van der Waals surface area contributed by atoms with Gasteiger partial charge >= 0.3 is 0 Å². The average molecular weight is 465 g/mol. The molecule has 184 valence electrons. The Balaban J connectivity index is 1.32. The van der Waals surface area contributed by atoms with Gasteiger partial charge in [0.1, 0.15) is 5.75 Å². The van der Waals surface area contributed by atoms with E-state index in [1.807, 2.05) is 36.2 Å². The predicted molar refractivity (Wildman–Crippen MR) is 133 cm³/mol. The van der Waals surface area contributed by atoms with Crippen molar-refractivity contribution in [3.8, 4) is 5.75 Å². The summed E-state index contributed by atoms with van der Waals surface area (Å²) in [5.41, 5.74) is 1.22. The summed E-state index contributed by atoms with van der Waals surface area (Å²) in [5.74, 6) is 3.10. The van der Waals surface area contributed by atoms with Gasteiger partial charge in [-0.25, -0.2) is 0 Å². The first-order chi connectivity index (χ1) is 16.2. The van der Waals surface area contributed by atoms with Crippen LogP contribution in [0.5, 0.6) is 5.75 Å². The maximum absolute atomic E-state index is 13.6. The quantitative estimate of drug-likeness (QED) is 0.672. The van der Waals surface area contributed by atoms with Crippen LogP contribution >= 0.6 is 0 Å². The van der Waals surface area contributed by atoms with E-state index in [2.05, 4.69) is 32.2 Å². The Morgan fingerprint density at radius 2 is 1.82 bits per heavy atom. The number of amides is 2. The van der Waals surface area contributed by atoms with E-state index >= 15 is 0 Å². The lowest BCUT2D eigenvalue weighted by Crippen LogP contribution is -2.59. The number of ether oxygens (including phenoxy) is 1. The van der Waals surface area contributed by atoms with Gasteiger partial charge < -0.3 is 15.0 Å². The van der Waals surface area contributed by atoms with Gasteiger partial charge in [-0.15, -0.1) is 0 Å². The fraction of sp³-hybridized carbons (Fsp3) is 0.655. The standard InChI is InChI=1S/C29H40N2O3/c1-18(19-6-8-20(34-5)9-7-19)30-27(33)24-12-11-22-21-10-13-25-29(3,17-15-26(32)31(25)4)23(21)14-16-28(22,24)2/h6-9,15,17-18,21-25H,10-14,16H2,1-5H3,(H,30,33)/t18?,21-,22-,23+,24?,25?,28-,29+/m0/s1. The molecule has 3 saturated carbocycles. The molecule has 2 amide bonds. The Morgan fingerprint density at radius 3 is 2.53 bits per heavy atom. The SMILES string of the molecule is COc1ccc(C(C)NC(=O)C2CC[C@H]3[C@@H]4CCC5N(C)C(=O)C=C[C@]5(C)[C@@H]4CC[C@]23C)cc1. The molecule has 0 radical (unpaired) electrons. The number of benzene rings is 1. The highest BCUT2D eigenvalue weighted by Gasteiger charge is 2.61. The summed E-state index contributed by atoms with van der Waals surface area (Å²) in [7, 11) is 3.64. The second kappa shape index (κ2) is 8.42. The number of hydrogen-bond acceptors (Lipinski definition) is 3. The third-order valence-corrected chi connectivity index (χ3v) is 10.4. The highest BCUT2D eigenvalue weighted by molar-refractivity contribution is 5.89. The van der Waals surface area contributed by atoms with Crippen molar-refractivity contribution in [1.82, 2.24) is 10.2 Å². The van der Waals surface area contributed by atoms with Crippen LogP contribution in [0.4, 0.5) is 0 Å². The van der Waals surface area contributed by atoms with Gasteiger partial charge in [0.25, 0.3) is 0 Å². The molecule has 3 unspecified atom stereocenters. The monoisotopic (exact) mass is 464 g/mol. The van der Waals surface area contributed by atoms with Gasteiger partial charge in [0.2, 0.25) is 11.8 Å². The molecule has 1 aliphatic heterocycles. The van der Waals surface area contributed by atoms with Gasteiger partial charge in [-0.1, -0.05) is 32.1 Å². The van der Waals surface area contributed by atoms with Crippen molar-refractivity contribution in [2.75, 3.05) is 14.2 Å². The van der Waals surface area contributed by atoms with Crippen LogP contribution in [0, 0.1) is 34.5 Å². The van der Waals surface area contributed by atoms with Crippen LogP contribution < -0.4 is 10.1 Å². The second-order valence-electron chi connectivity index (χ2n) is 11.8. The maximum Gasteiger partial charge on any atom is 0.246 e. The van der Waals surface area contributed by atoms with Crippen molar-refractivity contribution >= 4 is 11.8 Å². The van der Waals surface area contributed by atoms with Crippen molar-refractivity contribution in [2.45, 2.75) is 71.4 Å². The van der Waals surface area contributed by atoms with Gasteiger partial charge in [0.15, 0.2) is 0 Å². The number of carbonyl (C=O) groups is 2. The smallest absolute Gasteiger partial charge is 0.246 e. The Bertz CT molecular complexity index is 988. The molecule has 4 aliphatic rings. The minimum Gasteiger partial charge on any atom is -0.497 e. The van der Waals surface area contributed by atoms with Crippen molar-refractivity contribution in [3.63, 3.8) is 0 Å². The Labute approximate surface area is 204 Å². The third-order valence-electron chi connectivity index (χ3n) is 10.4. The Kier molecular flexibility index (Phi) is 5.81. The lowest BCUT2D eigenvalue weighted by Gasteiger charge is -2.60. The zero-order valence-electron chi connectivity index (χ0n) is 21.3. The molecule has 1 aromatic rings. The molecule has 8 atom stereocenters. The first-order valence-electron chi connectivity index (χ1n) is 13.1. The van der Waals surface area contributed by atoms with Crippen molar-refractivity contribution in [3.05, 3.63) is 42.0 Å². The van der Waals surface area contributed by atoms with E-state index in [0.29, 0.717) is 23.8 Å². The molecule has 5 nitrogen and oxygen atoms in total. The summed E-state index contributed by atoms with van der Waals surface area (Å²) in [6.45, 7) is 6.84. The van der Waals surface area contributed by atoms with Crippen molar-refractivity contribution in [1.29, 1.82) is 0 Å².